The predicted octanol–water partition coefficient (Wildman–Crippen LogP) is 3.63. The summed E-state index contributed by atoms with van der Waals surface area (Å²) in [4.78, 5) is 37.6. The average Bonchev–Trinajstić information content (AvgIpc) is 3.31. The van der Waals surface area contributed by atoms with Gasteiger partial charge in [-0.1, -0.05) is 12.1 Å². The SMILES string of the molecule is O=C(NCc1ccco1)c1ccc2c(c1)N(C(=O)c1ccccc1F)C(=O)C2(F)F. The lowest BCUT2D eigenvalue weighted by Gasteiger charge is -2.16. The molecule has 1 N–H and O–H groups in total. The topological polar surface area (TPSA) is 79.6 Å². The van der Waals surface area contributed by atoms with Gasteiger partial charge in [-0.05, 0) is 42.5 Å². The first kappa shape index (κ1) is 19.4. The molecule has 1 aliphatic heterocycles. The van der Waals surface area contributed by atoms with Crippen LogP contribution >= 0.6 is 0 Å². The molecule has 0 aliphatic carbocycles. The third-order valence-electron chi connectivity index (χ3n) is 4.62. The highest BCUT2D eigenvalue weighted by molar-refractivity contribution is 6.26. The van der Waals surface area contributed by atoms with Crippen molar-refractivity contribution in [3.05, 3.63) is 89.1 Å². The monoisotopic (exact) mass is 414 g/mol. The van der Waals surface area contributed by atoms with Gasteiger partial charge in [0.2, 0.25) is 0 Å². The van der Waals surface area contributed by atoms with Crippen molar-refractivity contribution in [2.45, 2.75) is 12.5 Å². The van der Waals surface area contributed by atoms with Crippen LogP contribution in [-0.2, 0) is 17.3 Å². The van der Waals surface area contributed by atoms with E-state index in [1.165, 1.54) is 18.4 Å². The van der Waals surface area contributed by atoms with Crippen LogP contribution in [0.3, 0.4) is 0 Å². The molecule has 0 saturated carbocycles. The first-order valence-electron chi connectivity index (χ1n) is 8.77. The van der Waals surface area contributed by atoms with Gasteiger partial charge in [-0.25, -0.2) is 9.29 Å². The molecule has 6 nitrogen and oxygen atoms in total. The highest BCUT2D eigenvalue weighted by atomic mass is 19.3. The highest BCUT2D eigenvalue weighted by Crippen LogP contribution is 2.45. The summed E-state index contributed by atoms with van der Waals surface area (Å²) in [6.45, 7) is 0.0515. The fourth-order valence-corrected chi connectivity index (χ4v) is 3.13. The number of benzene rings is 2. The average molecular weight is 414 g/mol. The van der Waals surface area contributed by atoms with Crippen molar-refractivity contribution in [3.63, 3.8) is 0 Å². The van der Waals surface area contributed by atoms with E-state index in [0.717, 1.165) is 30.3 Å². The van der Waals surface area contributed by atoms with Crippen molar-refractivity contribution in [1.82, 2.24) is 5.32 Å². The summed E-state index contributed by atoms with van der Waals surface area (Å²) in [5, 5.41) is 2.54. The normalized spacial score (nSPS) is 14.5. The Morgan fingerprint density at radius 3 is 2.53 bits per heavy atom. The largest absolute Gasteiger partial charge is 0.467 e. The van der Waals surface area contributed by atoms with Gasteiger partial charge in [0.15, 0.2) is 0 Å². The van der Waals surface area contributed by atoms with E-state index in [1.807, 2.05) is 0 Å². The molecule has 0 unspecified atom stereocenters. The van der Waals surface area contributed by atoms with E-state index in [0.29, 0.717) is 5.76 Å². The summed E-state index contributed by atoms with van der Waals surface area (Å²) < 4.78 is 48.1. The summed E-state index contributed by atoms with van der Waals surface area (Å²) in [5.41, 5.74) is -1.80. The van der Waals surface area contributed by atoms with Gasteiger partial charge in [-0.15, -0.1) is 0 Å². The summed E-state index contributed by atoms with van der Waals surface area (Å²) in [7, 11) is 0. The lowest BCUT2D eigenvalue weighted by molar-refractivity contribution is -0.140. The molecule has 0 saturated heterocycles. The minimum absolute atomic E-state index is 0.0515. The number of anilines is 1. The summed E-state index contributed by atoms with van der Waals surface area (Å²) in [6.07, 6.45) is 1.43. The number of amides is 3. The van der Waals surface area contributed by atoms with E-state index >= 15 is 0 Å². The number of furan rings is 1. The van der Waals surface area contributed by atoms with Gasteiger partial charge < -0.3 is 9.73 Å². The second-order valence-corrected chi connectivity index (χ2v) is 6.49. The van der Waals surface area contributed by atoms with E-state index < -0.39 is 46.3 Å². The second kappa shape index (κ2) is 7.18. The molecule has 4 rings (SSSR count). The molecule has 3 amide bonds. The van der Waals surface area contributed by atoms with Crippen molar-refractivity contribution < 1.29 is 32.0 Å². The van der Waals surface area contributed by atoms with Crippen molar-refractivity contribution >= 4 is 23.4 Å². The summed E-state index contributed by atoms with van der Waals surface area (Å²) >= 11 is 0. The van der Waals surface area contributed by atoms with Crippen LogP contribution in [0.4, 0.5) is 18.9 Å². The maximum atomic E-state index is 14.5. The van der Waals surface area contributed by atoms with Crippen LogP contribution in [0.25, 0.3) is 0 Å². The van der Waals surface area contributed by atoms with Gasteiger partial charge in [0, 0.05) is 5.56 Å². The van der Waals surface area contributed by atoms with Gasteiger partial charge in [-0.2, -0.15) is 8.78 Å². The molecule has 0 atom stereocenters. The van der Waals surface area contributed by atoms with Crippen molar-refractivity contribution in [2.75, 3.05) is 4.90 Å². The van der Waals surface area contributed by atoms with Crippen LogP contribution in [0.15, 0.2) is 65.3 Å². The Hall–Kier alpha value is -3.88. The Kier molecular flexibility index (Phi) is 4.65. The molecule has 9 heteroatoms. The highest BCUT2D eigenvalue weighted by Gasteiger charge is 2.55. The second-order valence-electron chi connectivity index (χ2n) is 6.49. The fourth-order valence-electron chi connectivity index (χ4n) is 3.13. The molecular weight excluding hydrogens is 401 g/mol. The third-order valence-corrected chi connectivity index (χ3v) is 4.62. The number of carbonyl (C=O) groups is 3. The van der Waals surface area contributed by atoms with Crippen LogP contribution < -0.4 is 10.2 Å². The quantitative estimate of drug-likeness (QED) is 0.662. The van der Waals surface area contributed by atoms with E-state index in [2.05, 4.69) is 5.32 Å². The smallest absolute Gasteiger partial charge is 0.352 e. The summed E-state index contributed by atoms with van der Waals surface area (Å²) in [6, 6.07) is 11.0. The van der Waals surface area contributed by atoms with E-state index in [4.69, 9.17) is 4.42 Å². The zero-order chi connectivity index (χ0) is 21.5. The van der Waals surface area contributed by atoms with E-state index in [1.54, 1.807) is 12.1 Å². The first-order valence-corrected chi connectivity index (χ1v) is 8.77. The molecule has 0 radical (unpaired) electrons. The predicted molar refractivity (Wildman–Crippen MR) is 98.4 cm³/mol. The minimum atomic E-state index is -3.99. The minimum Gasteiger partial charge on any atom is -0.467 e. The number of halogens is 3. The molecule has 1 aromatic heterocycles. The number of nitrogens with zero attached hydrogens (tertiary/aromatic N) is 1. The number of carbonyl (C=O) groups excluding carboxylic acids is 3. The molecule has 0 spiro atoms. The number of hydrogen-bond donors (Lipinski definition) is 1. The molecular formula is C21H13F3N2O4. The lowest BCUT2D eigenvalue weighted by atomic mass is 10.1. The Balaban J connectivity index is 1.69. The Morgan fingerprint density at radius 1 is 1.07 bits per heavy atom. The van der Waals surface area contributed by atoms with Crippen molar-refractivity contribution in [3.8, 4) is 0 Å². The maximum Gasteiger partial charge on any atom is 0.352 e. The zero-order valence-electron chi connectivity index (χ0n) is 15.2. The van der Waals surface area contributed by atoms with Gasteiger partial charge >= 0.3 is 11.8 Å². The third kappa shape index (κ3) is 3.14. The molecule has 0 bridgehead atoms. The van der Waals surface area contributed by atoms with Gasteiger partial charge in [0.25, 0.3) is 11.8 Å². The molecule has 1 aliphatic rings. The lowest BCUT2D eigenvalue weighted by Crippen LogP contribution is -2.39. The van der Waals surface area contributed by atoms with E-state index in [9.17, 15) is 27.6 Å². The Morgan fingerprint density at radius 2 is 1.83 bits per heavy atom. The number of nitrogens with one attached hydrogen (secondary N) is 1. The maximum absolute atomic E-state index is 14.5. The number of fused-ring (bicyclic) bond motifs is 1. The number of alkyl halides is 2. The fraction of sp³-hybridized carbons (Fsp3) is 0.0952. The zero-order valence-corrected chi connectivity index (χ0v) is 15.2. The van der Waals surface area contributed by atoms with Crippen LogP contribution in [0.1, 0.15) is 32.0 Å². The molecule has 0 fully saturated rings. The van der Waals surface area contributed by atoms with Crippen LogP contribution in [0.5, 0.6) is 0 Å². The van der Waals surface area contributed by atoms with Crippen molar-refractivity contribution in [1.29, 1.82) is 0 Å². The van der Waals surface area contributed by atoms with Gasteiger partial charge in [0.05, 0.1) is 29.6 Å². The number of rotatable bonds is 4. The summed E-state index contributed by atoms with van der Waals surface area (Å²) in [5.74, 6) is -8.15. The van der Waals surface area contributed by atoms with Gasteiger partial charge in [0.1, 0.15) is 11.6 Å². The van der Waals surface area contributed by atoms with Gasteiger partial charge in [-0.3, -0.25) is 14.4 Å². The van der Waals surface area contributed by atoms with Crippen LogP contribution in [-0.4, -0.2) is 17.7 Å². The number of hydrogen-bond acceptors (Lipinski definition) is 4. The van der Waals surface area contributed by atoms with Crippen molar-refractivity contribution in [2.24, 2.45) is 0 Å². The molecule has 2 heterocycles. The van der Waals surface area contributed by atoms with Crippen LogP contribution in [0.2, 0.25) is 0 Å². The molecule has 2 aromatic carbocycles. The standard InChI is InChI=1S/C21H13F3N2O4/c22-16-6-2-1-5-14(16)19(28)26-17-10-12(7-8-15(17)21(23,24)20(26)29)18(27)25-11-13-4-3-9-30-13/h1-10H,11H2,(H,25,27). The Labute approximate surface area is 167 Å². The molecule has 30 heavy (non-hydrogen) atoms. The molecule has 3 aromatic rings. The first-order chi connectivity index (χ1) is 14.3. The van der Waals surface area contributed by atoms with E-state index in [-0.39, 0.29) is 17.0 Å². The number of imide groups is 1. The van der Waals surface area contributed by atoms with Crippen LogP contribution in [0, 0.1) is 5.82 Å². The Bertz CT molecular complexity index is 1160. The molecule has 152 valence electrons.